The second-order valence-corrected chi connectivity index (χ2v) is 10.3. The SMILES string of the molecule is C#Cc1ccc(C(C(=O)NC2CCCCC2)N(CCC)C(=O)C(CS)NC(=O)OC(C)(C)C)cc1. The molecule has 2 N–H and O–H groups in total. The van der Waals surface area contributed by atoms with Gasteiger partial charge >= 0.3 is 6.09 Å². The fraction of sp³-hybridized carbons (Fsp3) is 0.593. The minimum atomic E-state index is -0.949. The van der Waals surface area contributed by atoms with Crippen LogP contribution in [0.4, 0.5) is 4.79 Å². The molecule has 35 heavy (non-hydrogen) atoms. The van der Waals surface area contributed by atoms with Crippen molar-refractivity contribution in [2.45, 2.75) is 89.9 Å². The van der Waals surface area contributed by atoms with Crippen LogP contribution in [0.3, 0.4) is 0 Å². The van der Waals surface area contributed by atoms with E-state index >= 15 is 0 Å². The number of alkyl carbamates (subject to hydrolysis) is 1. The number of carbonyl (C=O) groups is 3. The van der Waals surface area contributed by atoms with Crippen LogP contribution in [0.5, 0.6) is 0 Å². The molecule has 0 heterocycles. The highest BCUT2D eigenvalue weighted by molar-refractivity contribution is 7.80. The number of benzene rings is 1. The zero-order valence-corrected chi connectivity index (χ0v) is 22.2. The van der Waals surface area contributed by atoms with Crippen LogP contribution in [0.15, 0.2) is 24.3 Å². The molecule has 0 aromatic heterocycles. The third-order valence-electron chi connectivity index (χ3n) is 5.82. The van der Waals surface area contributed by atoms with Crippen molar-refractivity contribution in [1.29, 1.82) is 0 Å². The van der Waals surface area contributed by atoms with Gasteiger partial charge in [0.1, 0.15) is 17.7 Å². The molecule has 0 bridgehead atoms. The molecular formula is C27H39N3O4S. The van der Waals surface area contributed by atoms with Crippen molar-refractivity contribution in [3.05, 3.63) is 35.4 Å². The summed E-state index contributed by atoms with van der Waals surface area (Å²) in [7, 11) is 0. The molecule has 3 amide bonds. The predicted octanol–water partition coefficient (Wildman–Crippen LogP) is 4.22. The number of carbonyl (C=O) groups excluding carboxylic acids is 3. The number of amides is 3. The fourth-order valence-electron chi connectivity index (χ4n) is 4.20. The molecule has 1 saturated carbocycles. The van der Waals surface area contributed by atoms with Gasteiger partial charge in [0.2, 0.25) is 11.8 Å². The molecule has 2 unspecified atom stereocenters. The van der Waals surface area contributed by atoms with Gasteiger partial charge < -0.3 is 20.3 Å². The van der Waals surface area contributed by atoms with Gasteiger partial charge in [0, 0.05) is 23.9 Å². The Balaban J connectivity index is 2.36. The lowest BCUT2D eigenvalue weighted by molar-refractivity contribution is -0.142. The Morgan fingerprint density at radius 1 is 1.17 bits per heavy atom. The van der Waals surface area contributed by atoms with Crippen molar-refractivity contribution in [3.8, 4) is 12.3 Å². The molecule has 1 fully saturated rings. The van der Waals surface area contributed by atoms with Gasteiger partial charge in [-0.25, -0.2) is 4.79 Å². The Bertz CT molecular complexity index is 898. The summed E-state index contributed by atoms with van der Waals surface area (Å²) in [5.41, 5.74) is 0.640. The van der Waals surface area contributed by atoms with Crippen LogP contribution in [0.25, 0.3) is 0 Å². The summed E-state index contributed by atoms with van der Waals surface area (Å²) in [5, 5.41) is 5.78. The van der Waals surface area contributed by atoms with E-state index in [1.165, 1.54) is 11.3 Å². The molecule has 1 aliphatic carbocycles. The van der Waals surface area contributed by atoms with E-state index in [0.29, 0.717) is 24.1 Å². The zero-order valence-electron chi connectivity index (χ0n) is 21.3. The summed E-state index contributed by atoms with van der Waals surface area (Å²) < 4.78 is 5.33. The molecule has 0 radical (unpaired) electrons. The van der Waals surface area contributed by atoms with Gasteiger partial charge in [-0.15, -0.1) is 6.42 Å². The van der Waals surface area contributed by atoms with Crippen molar-refractivity contribution >= 4 is 30.5 Å². The first-order valence-electron chi connectivity index (χ1n) is 12.4. The molecule has 2 atom stereocenters. The maximum atomic E-state index is 13.7. The quantitative estimate of drug-likeness (QED) is 0.349. The van der Waals surface area contributed by atoms with Gasteiger partial charge in [0.15, 0.2) is 0 Å². The highest BCUT2D eigenvalue weighted by Crippen LogP contribution is 2.25. The second kappa shape index (κ2) is 13.4. The van der Waals surface area contributed by atoms with E-state index in [9.17, 15) is 14.4 Å². The van der Waals surface area contributed by atoms with Crippen LogP contribution in [0, 0.1) is 12.3 Å². The Labute approximate surface area is 215 Å². The Morgan fingerprint density at radius 3 is 2.31 bits per heavy atom. The first-order chi connectivity index (χ1) is 16.6. The largest absolute Gasteiger partial charge is 0.444 e. The molecule has 7 nitrogen and oxygen atoms in total. The standard InChI is InChI=1S/C27H39N3O4S/c1-6-17-30(25(32)22(18-35)29-26(33)34-27(3,4)5)23(20-15-13-19(7-2)14-16-20)24(31)28-21-11-9-8-10-12-21/h2,13-16,21-23,35H,6,8-12,17-18H2,1,3-5H3,(H,28,31)(H,29,33). The van der Waals surface area contributed by atoms with E-state index in [1.807, 2.05) is 6.92 Å². The van der Waals surface area contributed by atoms with E-state index in [1.54, 1.807) is 45.0 Å². The number of thiol groups is 1. The molecule has 192 valence electrons. The highest BCUT2D eigenvalue weighted by atomic mass is 32.1. The molecule has 1 aliphatic rings. The molecule has 1 aromatic carbocycles. The maximum Gasteiger partial charge on any atom is 0.408 e. The van der Waals surface area contributed by atoms with Gasteiger partial charge in [-0.05, 0) is 57.7 Å². The van der Waals surface area contributed by atoms with E-state index in [0.717, 1.165) is 25.7 Å². The molecule has 0 aliphatic heterocycles. The van der Waals surface area contributed by atoms with Crippen LogP contribution in [-0.2, 0) is 14.3 Å². The minimum absolute atomic E-state index is 0.0608. The monoisotopic (exact) mass is 501 g/mol. The van der Waals surface area contributed by atoms with Crippen LogP contribution in [0.2, 0.25) is 0 Å². The molecule has 0 saturated heterocycles. The maximum absolute atomic E-state index is 13.7. The average Bonchev–Trinajstić information content (AvgIpc) is 2.81. The summed E-state index contributed by atoms with van der Waals surface area (Å²) in [6.07, 6.45) is 10.6. The zero-order chi connectivity index (χ0) is 26.0. The van der Waals surface area contributed by atoms with Crippen molar-refractivity contribution < 1.29 is 19.1 Å². The lowest BCUT2D eigenvalue weighted by Crippen LogP contribution is -2.54. The molecule has 2 rings (SSSR count). The van der Waals surface area contributed by atoms with Crippen LogP contribution in [-0.4, -0.2) is 52.8 Å². The van der Waals surface area contributed by atoms with Crippen LogP contribution in [0.1, 0.15) is 83.4 Å². The Morgan fingerprint density at radius 2 is 1.80 bits per heavy atom. The average molecular weight is 502 g/mol. The first kappa shape index (κ1) is 28.6. The molecular weight excluding hydrogens is 462 g/mol. The topological polar surface area (TPSA) is 87.7 Å². The van der Waals surface area contributed by atoms with Gasteiger partial charge in [0.25, 0.3) is 0 Å². The van der Waals surface area contributed by atoms with E-state index in [4.69, 9.17) is 11.2 Å². The lowest BCUT2D eigenvalue weighted by Gasteiger charge is -2.35. The number of terminal acetylenes is 1. The van der Waals surface area contributed by atoms with Crippen LogP contribution < -0.4 is 10.6 Å². The number of ether oxygens (including phenoxy) is 1. The van der Waals surface area contributed by atoms with E-state index in [-0.39, 0.29) is 17.7 Å². The third-order valence-corrected chi connectivity index (χ3v) is 6.19. The fourth-order valence-corrected chi connectivity index (χ4v) is 4.45. The normalized spacial score (nSPS) is 15.9. The number of nitrogens with one attached hydrogen (secondary N) is 2. The Kier molecular flexibility index (Phi) is 11.0. The minimum Gasteiger partial charge on any atom is -0.444 e. The van der Waals surface area contributed by atoms with Gasteiger partial charge in [0.05, 0.1) is 0 Å². The number of hydrogen-bond acceptors (Lipinski definition) is 5. The van der Waals surface area contributed by atoms with Crippen molar-refractivity contribution in [3.63, 3.8) is 0 Å². The van der Waals surface area contributed by atoms with Gasteiger partial charge in [-0.2, -0.15) is 12.6 Å². The van der Waals surface area contributed by atoms with Crippen LogP contribution >= 0.6 is 12.6 Å². The van der Waals surface area contributed by atoms with Gasteiger partial charge in [-0.3, -0.25) is 9.59 Å². The molecule has 0 spiro atoms. The molecule has 1 aromatic rings. The summed E-state index contributed by atoms with van der Waals surface area (Å²) in [6.45, 7) is 7.52. The third kappa shape index (κ3) is 8.81. The smallest absolute Gasteiger partial charge is 0.408 e. The second-order valence-electron chi connectivity index (χ2n) is 9.93. The number of nitrogens with zero attached hydrogens (tertiary/aromatic N) is 1. The first-order valence-corrected chi connectivity index (χ1v) is 13.0. The number of rotatable bonds is 9. The Hall–Kier alpha value is -2.66. The lowest BCUT2D eigenvalue weighted by atomic mass is 9.94. The van der Waals surface area contributed by atoms with Crippen molar-refractivity contribution in [2.24, 2.45) is 0 Å². The summed E-state index contributed by atoms with van der Waals surface area (Å²) in [5.74, 6) is 2.02. The molecule has 8 heteroatoms. The summed E-state index contributed by atoms with van der Waals surface area (Å²) >= 11 is 4.30. The van der Waals surface area contributed by atoms with Crippen molar-refractivity contribution in [1.82, 2.24) is 15.5 Å². The van der Waals surface area contributed by atoms with E-state index in [2.05, 4.69) is 29.2 Å². The van der Waals surface area contributed by atoms with Crippen molar-refractivity contribution in [2.75, 3.05) is 12.3 Å². The number of hydrogen-bond donors (Lipinski definition) is 3. The van der Waals surface area contributed by atoms with E-state index < -0.39 is 29.7 Å². The van der Waals surface area contributed by atoms with Gasteiger partial charge in [-0.1, -0.05) is 44.2 Å². The predicted molar refractivity (Wildman–Crippen MR) is 141 cm³/mol. The highest BCUT2D eigenvalue weighted by Gasteiger charge is 2.36. The summed E-state index contributed by atoms with van der Waals surface area (Å²) in [4.78, 5) is 41.2. The summed E-state index contributed by atoms with van der Waals surface area (Å²) in [6, 6.07) is 5.37.